The van der Waals surface area contributed by atoms with Crippen molar-refractivity contribution < 1.29 is 0 Å². The van der Waals surface area contributed by atoms with Gasteiger partial charge in [-0.3, -0.25) is 0 Å². The van der Waals surface area contributed by atoms with E-state index in [0.717, 1.165) is 31.1 Å². The van der Waals surface area contributed by atoms with Crippen molar-refractivity contribution in [2.75, 3.05) is 0 Å². The van der Waals surface area contributed by atoms with Crippen molar-refractivity contribution >= 4 is 51.5 Å². The fraction of sp³-hybridized carbons (Fsp3) is 0.0556. The Labute approximate surface area is 149 Å². The lowest BCUT2D eigenvalue weighted by atomic mass is 10.0. The lowest BCUT2D eigenvalue weighted by Crippen LogP contribution is -1.87. The molecular formula is C18H16BrNS2. The standard InChI is InChI=1S/C17H12BrNS2.CH4/c18-14-3-1-2-12(10-14)11-16(17-19-8-9-21-17)13-4-6-15(20)7-5-13;/h1-11,20H;1H4/b16-11-;. The molecule has 0 saturated carbocycles. The summed E-state index contributed by atoms with van der Waals surface area (Å²) in [5, 5.41) is 3.01. The minimum Gasteiger partial charge on any atom is -0.245 e. The smallest absolute Gasteiger partial charge is 0.123 e. The maximum absolute atomic E-state index is 4.45. The molecule has 0 radical (unpaired) electrons. The number of hydrogen-bond donors (Lipinski definition) is 1. The van der Waals surface area contributed by atoms with Crippen LogP contribution in [0.15, 0.2) is 69.5 Å². The molecular weight excluding hydrogens is 374 g/mol. The van der Waals surface area contributed by atoms with Crippen molar-refractivity contribution in [3.8, 4) is 0 Å². The monoisotopic (exact) mass is 389 g/mol. The summed E-state index contributed by atoms with van der Waals surface area (Å²) in [4.78, 5) is 5.41. The highest BCUT2D eigenvalue weighted by molar-refractivity contribution is 9.10. The summed E-state index contributed by atoms with van der Waals surface area (Å²) < 4.78 is 1.07. The molecule has 0 saturated heterocycles. The van der Waals surface area contributed by atoms with Crippen molar-refractivity contribution in [1.82, 2.24) is 4.98 Å². The van der Waals surface area contributed by atoms with Crippen LogP contribution >= 0.6 is 39.9 Å². The van der Waals surface area contributed by atoms with Crippen LogP contribution in [0.1, 0.15) is 23.6 Å². The topological polar surface area (TPSA) is 12.9 Å². The summed E-state index contributed by atoms with van der Waals surface area (Å²) in [6.07, 6.45) is 4.00. The van der Waals surface area contributed by atoms with E-state index in [1.165, 1.54) is 0 Å². The molecule has 22 heavy (non-hydrogen) atoms. The first-order chi connectivity index (χ1) is 10.2. The average Bonchev–Trinajstić information content (AvgIpc) is 3.00. The highest BCUT2D eigenvalue weighted by Crippen LogP contribution is 2.28. The van der Waals surface area contributed by atoms with E-state index in [0.29, 0.717) is 0 Å². The quantitative estimate of drug-likeness (QED) is 0.402. The van der Waals surface area contributed by atoms with Crippen LogP contribution in [-0.2, 0) is 0 Å². The van der Waals surface area contributed by atoms with Crippen LogP contribution in [-0.4, -0.2) is 4.98 Å². The fourth-order valence-corrected chi connectivity index (χ4v) is 3.27. The van der Waals surface area contributed by atoms with Gasteiger partial charge in [0.25, 0.3) is 0 Å². The lowest BCUT2D eigenvalue weighted by Gasteiger charge is -2.06. The predicted molar refractivity (Wildman–Crippen MR) is 104 cm³/mol. The number of thiol groups is 1. The fourth-order valence-electron chi connectivity index (χ4n) is 2.03. The molecule has 0 N–H and O–H groups in total. The van der Waals surface area contributed by atoms with Gasteiger partial charge in [0.15, 0.2) is 0 Å². The molecule has 0 aliphatic heterocycles. The van der Waals surface area contributed by atoms with E-state index in [1.807, 2.05) is 35.8 Å². The molecule has 4 heteroatoms. The molecule has 1 nitrogen and oxygen atoms in total. The first-order valence-electron chi connectivity index (χ1n) is 6.39. The largest absolute Gasteiger partial charge is 0.245 e. The van der Waals surface area contributed by atoms with Gasteiger partial charge in [-0.25, -0.2) is 4.98 Å². The number of thiazole rings is 1. The molecule has 3 rings (SSSR count). The van der Waals surface area contributed by atoms with Crippen molar-refractivity contribution in [3.63, 3.8) is 0 Å². The highest BCUT2D eigenvalue weighted by Gasteiger charge is 2.08. The summed E-state index contributed by atoms with van der Waals surface area (Å²) in [5.74, 6) is 0. The molecule has 0 atom stereocenters. The van der Waals surface area contributed by atoms with Crippen LogP contribution in [0.3, 0.4) is 0 Å². The minimum absolute atomic E-state index is 0. The highest BCUT2D eigenvalue weighted by atomic mass is 79.9. The second kappa shape index (κ2) is 7.77. The third-order valence-electron chi connectivity index (χ3n) is 3.00. The van der Waals surface area contributed by atoms with Crippen molar-refractivity contribution in [2.24, 2.45) is 0 Å². The van der Waals surface area contributed by atoms with Crippen molar-refractivity contribution in [2.45, 2.75) is 12.3 Å². The first kappa shape index (κ1) is 17.0. The van der Waals surface area contributed by atoms with Gasteiger partial charge in [-0.1, -0.05) is 47.6 Å². The zero-order valence-corrected chi connectivity index (χ0v) is 14.3. The maximum atomic E-state index is 4.45. The zero-order chi connectivity index (χ0) is 14.7. The Morgan fingerprint density at radius 2 is 1.91 bits per heavy atom. The third-order valence-corrected chi connectivity index (χ3v) is 4.60. The Bertz CT molecular complexity index is 762. The minimum atomic E-state index is 0. The summed E-state index contributed by atoms with van der Waals surface area (Å²) >= 11 is 9.51. The Morgan fingerprint density at radius 1 is 1.14 bits per heavy atom. The number of aromatic nitrogens is 1. The number of benzene rings is 2. The normalized spacial score (nSPS) is 11.1. The van der Waals surface area contributed by atoms with Crippen LogP contribution < -0.4 is 0 Å². The summed E-state index contributed by atoms with van der Waals surface area (Å²) in [7, 11) is 0. The molecule has 112 valence electrons. The van der Waals surface area contributed by atoms with E-state index in [-0.39, 0.29) is 7.43 Å². The van der Waals surface area contributed by atoms with Gasteiger partial charge >= 0.3 is 0 Å². The van der Waals surface area contributed by atoms with E-state index in [9.17, 15) is 0 Å². The molecule has 1 aromatic heterocycles. The van der Waals surface area contributed by atoms with Crippen LogP contribution in [0.2, 0.25) is 0 Å². The molecule has 0 spiro atoms. The molecule has 0 unspecified atom stereocenters. The Balaban J connectivity index is 0.00000176. The van der Waals surface area contributed by atoms with Gasteiger partial charge in [0.1, 0.15) is 5.01 Å². The van der Waals surface area contributed by atoms with Crippen LogP contribution in [0, 0.1) is 0 Å². The SMILES string of the molecule is C.Sc1ccc(/C(=C/c2cccc(Br)c2)c2nccs2)cc1. The summed E-state index contributed by atoms with van der Waals surface area (Å²) in [6.45, 7) is 0. The molecule has 2 aromatic carbocycles. The Morgan fingerprint density at radius 3 is 2.55 bits per heavy atom. The third kappa shape index (κ3) is 4.09. The summed E-state index contributed by atoms with van der Waals surface area (Å²) in [5.41, 5.74) is 3.41. The second-order valence-corrected chi connectivity index (χ2v) is 6.82. The Kier molecular flexibility index (Phi) is 6.00. The van der Waals surface area contributed by atoms with Gasteiger partial charge in [0, 0.05) is 26.5 Å². The number of hydrogen-bond acceptors (Lipinski definition) is 3. The number of rotatable bonds is 3. The maximum Gasteiger partial charge on any atom is 0.123 e. The second-order valence-electron chi connectivity index (χ2n) is 4.50. The van der Waals surface area contributed by atoms with Gasteiger partial charge in [0.2, 0.25) is 0 Å². The van der Waals surface area contributed by atoms with E-state index >= 15 is 0 Å². The number of halogens is 1. The van der Waals surface area contributed by atoms with Gasteiger partial charge in [-0.2, -0.15) is 0 Å². The van der Waals surface area contributed by atoms with Crippen molar-refractivity contribution in [1.29, 1.82) is 0 Å². The van der Waals surface area contributed by atoms with E-state index in [4.69, 9.17) is 0 Å². The van der Waals surface area contributed by atoms with Gasteiger partial charge in [-0.05, 0) is 41.5 Å². The van der Waals surface area contributed by atoms with Crippen LogP contribution in [0.4, 0.5) is 0 Å². The van der Waals surface area contributed by atoms with Crippen molar-refractivity contribution in [3.05, 3.63) is 80.7 Å². The molecule has 0 bridgehead atoms. The molecule has 0 fully saturated rings. The van der Waals surface area contributed by atoms with Gasteiger partial charge in [-0.15, -0.1) is 24.0 Å². The molecule has 1 heterocycles. The van der Waals surface area contributed by atoms with E-state index in [1.54, 1.807) is 11.3 Å². The van der Waals surface area contributed by atoms with E-state index in [2.05, 4.69) is 63.9 Å². The Hall–Kier alpha value is -1.36. The molecule has 0 aliphatic rings. The lowest BCUT2D eigenvalue weighted by molar-refractivity contribution is 1.36. The summed E-state index contributed by atoms with van der Waals surface area (Å²) in [6, 6.07) is 16.4. The van der Waals surface area contributed by atoms with Crippen LogP contribution in [0.5, 0.6) is 0 Å². The van der Waals surface area contributed by atoms with E-state index < -0.39 is 0 Å². The number of nitrogens with zero attached hydrogens (tertiary/aromatic N) is 1. The molecule has 0 aliphatic carbocycles. The molecule has 0 amide bonds. The molecule has 3 aromatic rings. The average molecular weight is 390 g/mol. The zero-order valence-electron chi connectivity index (χ0n) is 11.0. The van der Waals surface area contributed by atoms with Gasteiger partial charge < -0.3 is 0 Å². The van der Waals surface area contributed by atoms with Gasteiger partial charge in [0.05, 0.1) is 0 Å². The predicted octanol–water partition coefficient (Wildman–Crippen LogP) is 6.42. The first-order valence-corrected chi connectivity index (χ1v) is 8.51. The van der Waals surface area contributed by atoms with Crippen LogP contribution in [0.25, 0.3) is 11.6 Å².